The maximum atomic E-state index is 12.2. The van der Waals surface area contributed by atoms with Crippen molar-refractivity contribution in [3.8, 4) is 10.7 Å². The van der Waals surface area contributed by atoms with Crippen molar-refractivity contribution in [2.45, 2.75) is 4.21 Å². The van der Waals surface area contributed by atoms with Crippen LogP contribution in [0.2, 0.25) is 0 Å². The number of H-pyrrole nitrogens is 1. The van der Waals surface area contributed by atoms with Gasteiger partial charge in [-0.15, -0.1) is 23.1 Å². The maximum absolute atomic E-state index is 12.2. The molecule has 0 atom stereocenters. The van der Waals surface area contributed by atoms with Gasteiger partial charge in [-0.1, -0.05) is 0 Å². The van der Waals surface area contributed by atoms with E-state index in [0.29, 0.717) is 22.3 Å². The number of aromatic nitrogens is 2. The van der Waals surface area contributed by atoms with Crippen LogP contribution in [-0.2, 0) is 4.74 Å². The lowest BCUT2D eigenvalue weighted by molar-refractivity contribution is 0.0601. The molecule has 2 aromatic heterocycles. The number of thioether (sulfide) groups is 1. The third kappa shape index (κ3) is 2.65. The molecule has 3 aromatic rings. The van der Waals surface area contributed by atoms with Gasteiger partial charge in [-0.2, -0.15) is 0 Å². The third-order valence-corrected chi connectivity index (χ3v) is 5.32. The Morgan fingerprint density at radius 2 is 2.14 bits per heavy atom. The second-order valence-corrected chi connectivity index (χ2v) is 6.65. The number of methoxy groups -OCH3 is 1. The highest BCUT2D eigenvalue weighted by molar-refractivity contribution is 8.00. The molecule has 3 rings (SSSR count). The number of thiophene rings is 1. The highest BCUT2D eigenvalue weighted by Gasteiger charge is 2.11. The topological polar surface area (TPSA) is 72.1 Å². The fraction of sp³-hybridized carbons (Fsp3) is 0.133. The summed E-state index contributed by atoms with van der Waals surface area (Å²) >= 11 is 3.20. The van der Waals surface area contributed by atoms with E-state index < -0.39 is 5.97 Å². The average Bonchev–Trinajstić information content (AvgIpc) is 3.02. The molecule has 7 heteroatoms. The Hall–Kier alpha value is -2.12. The quantitative estimate of drug-likeness (QED) is 0.589. The molecule has 0 unspecified atom stereocenters. The van der Waals surface area contributed by atoms with Crippen molar-refractivity contribution in [3.05, 3.63) is 46.2 Å². The van der Waals surface area contributed by atoms with Gasteiger partial charge in [0.15, 0.2) is 5.82 Å². The molecule has 0 bridgehead atoms. The van der Waals surface area contributed by atoms with E-state index in [1.54, 1.807) is 41.3 Å². The van der Waals surface area contributed by atoms with Gasteiger partial charge in [-0.25, -0.2) is 9.78 Å². The summed E-state index contributed by atoms with van der Waals surface area (Å²) in [5.41, 5.74) is 0.617. The Kier molecular flexibility index (Phi) is 4.00. The molecule has 0 saturated carbocycles. The van der Waals surface area contributed by atoms with Gasteiger partial charge in [-0.3, -0.25) is 4.79 Å². The fourth-order valence-corrected chi connectivity index (χ4v) is 3.55. The van der Waals surface area contributed by atoms with Crippen LogP contribution in [0.15, 0.2) is 39.3 Å². The average molecular weight is 332 g/mol. The molecule has 0 saturated heterocycles. The first-order valence-corrected chi connectivity index (χ1v) is 8.43. The van der Waals surface area contributed by atoms with E-state index >= 15 is 0 Å². The Labute approximate surface area is 134 Å². The lowest BCUT2D eigenvalue weighted by Gasteiger charge is -2.03. The van der Waals surface area contributed by atoms with Crippen molar-refractivity contribution in [1.82, 2.24) is 9.97 Å². The van der Waals surface area contributed by atoms with E-state index in [1.165, 1.54) is 7.11 Å². The summed E-state index contributed by atoms with van der Waals surface area (Å²) in [6.07, 6.45) is 1.99. The van der Waals surface area contributed by atoms with Crippen molar-refractivity contribution in [2.24, 2.45) is 0 Å². The molecule has 0 amide bonds. The summed E-state index contributed by atoms with van der Waals surface area (Å²) in [5.74, 6) is 0.0520. The van der Waals surface area contributed by atoms with Crippen LogP contribution in [0.1, 0.15) is 10.4 Å². The van der Waals surface area contributed by atoms with Crippen molar-refractivity contribution in [3.63, 3.8) is 0 Å². The lowest BCUT2D eigenvalue weighted by atomic mass is 10.1. The number of benzene rings is 1. The van der Waals surface area contributed by atoms with Crippen LogP contribution in [0.5, 0.6) is 0 Å². The molecule has 5 nitrogen and oxygen atoms in total. The third-order valence-electron chi connectivity index (χ3n) is 3.14. The first kappa shape index (κ1) is 14.8. The fourth-order valence-electron chi connectivity index (χ4n) is 2.06. The van der Waals surface area contributed by atoms with E-state index in [4.69, 9.17) is 4.74 Å². The van der Waals surface area contributed by atoms with Crippen LogP contribution >= 0.6 is 23.1 Å². The predicted octanol–water partition coefficient (Wildman–Crippen LogP) is 3.16. The monoisotopic (exact) mass is 332 g/mol. The van der Waals surface area contributed by atoms with E-state index in [0.717, 1.165) is 9.09 Å². The number of fused-ring (bicyclic) bond motifs is 1. The minimum absolute atomic E-state index is 0.226. The molecule has 2 heterocycles. The molecule has 1 N–H and O–H groups in total. The second-order valence-electron chi connectivity index (χ2n) is 4.46. The Balaban J connectivity index is 2.16. The summed E-state index contributed by atoms with van der Waals surface area (Å²) in [4.78, 5) is 31.9. The van der Waals surface area contributed by atoms with Crippen LogP contribution in [0.3, 0.4) is 0 Å². The molecule has 0 spiro atoms. The van der Waals surface area contributed by atoms with E-state index in [9.17, 15) is 9.59 Å². The number of rotatable bonds is 3. The van der Waals surface area contributed by atoms with Gasteiger partial charge in [0.1, 0.15) is 0 Å². The smallest absolute Gasteiger partial charge is 0.337 e. The highest BCUT2D eigenvalue weighted by atomic mass is 32.2. The normalized spacial score (nSPS) is 10.8. The van der Waals surface area contributed by atoms with E-state index in [-0.39, 0.29) is 5.56 Å². The lowest BCUT2D eigenvalue weighted by Crippen LogP contribution is -2.10. The van der Waals surface area contributed by atoms with E-state index in [1.807, 2.05) is 18.4 Å². The standard InChI is InChI=1S/C15H12N2O3S2/c1-20-15(19)8-3-4-9-10(7-8)16-13(17-14(9)18)11-5-6-12(21-2)22-11/h3-7H,1-2H3,(H,16,17,18). The number of carbonyl (C=O) groups is 1. The zero-order valence-corrected chi connectivity index (χ0v) is 13.5. The number of aromatic amines is 1. The van der Waals surface area contributed by atoms with Crippen molar-refractivity contribution >= 4 is 40.0 Å². The van der Waals surface area contributed by atoms with Crippen LogP contribution < -0.4 is 5.56 Å². The van der Waals surface area contributed by atoms with Crippen molar-refractivity contribution in [1.29, 1.82) is 0 Å². The van der Waals surface area contributed by atoms with Gasteiger partial charge in [0.2, 0.25) is 0 Å². The summed E-state index contributed by atoms with van der Waals surface area (Å²) in [5, 5.41) is 0.443. The summed E-state index contributed by atoms with van der Waals surface area (Å²) in [7, 11) is 1.32. The van der Waals surface area contributed by atoms with Crippen LogP contribution in [0, 0.1) is 0 Å². The number of nitrogens with one attached hydrogen (secondary N) is 1. The second kappa shape index (κ2) is 5.94. The van der Waals surface area contributed by atoms with Gasteiger partial charge >= 0.3 is 5.97 Å². The Morgan fingerprint density at radius 1 is 1.32 bits per heavy atom. The zero-order chi connectivity index (χ0) is 15.7. The van der Waals surface area contributed by atoms with Gasteiger partial charge < -0.3 is 9.72 Å². The van der Waals surface area contributed by atoms with Gasteiger partial charge in [-0.05, 0) is 36.6 Å². The van der Waals surface area contributed by atoms with Gasteiger partial charge in [0.05, 0.1) is 32.7 Å². The number of esters is 1. The summed E-state index contributed by atoms with van der Waals surface area (Å²) in [6.45, 7) is 0. The zero-order valence-electron chi connectivity index (χ0n) is 11.9. The summed E-state index contributed by atoms with van der Waals surface area (Å²) in [6, 6.07) is 8.62. The molecule has 0 aliphatic rings. The van der Waals surface area contributed by atoms with Gasteiger partial charge in [0.25, 0.3) is 5.56 Å². The van der Waals surface area contributed by atoms with E-state index in [2.05, 4.69) is 9.97 Å². The predicted molar refractivity (Wildman–Crippen MR) is 88.8 cm³/mol. The van der Waals surface area contributed by atoms with Crippen LogP contribution in [0.4, 0.5) is 0 Å². The first-order chi connectivity index (χ1) is 10.6. The highest BCUT2D eigenvalue weighted by Crippen LogP contribution is 2.31. The molecular formula is C15H12N2O3S2. The first-order valence-electron chi connectivity index (χ1n) is 6.39. The summed E-state index contributed by atoms with van der Waals surface area (Å²) < 4.78 is 5.83. The number of nitrogens with zero attached hydrogens (tertiary/aromatic N) is 1. The molecule has 0 aliphatic heterocycles. The van der Waals surface area contributed by atoms with Crippen LogP contribution in [0.25, 0.3) is 21.6 Å². The largest absolute Gasteiger partial charge is 0.465 e. The SMILES string of the molecule is COC(=O)c1ccc2c(=O)[nH]c(-c3ccc(SC)s3)nc2c1. The molecule has 0 fully saturated rings. The molecular weight excluding hydrogens is 320 g/mol. The van der Waals surface area contributed by atoms with Gasteiger partial charge in [0, 0.05) is 0 Å². The minimum atomic E-state index is -0.452. The number of hydrogen-bond donors (Lipinski definition) is 1. The molecule has 0 aliphatic carbocycles. The maximum Gasteiger partial charge on any atom is 0.337 e. The van der Waals surface area contributed by atoms with Crippen molar-refractivity contribution in [2.75, 3.05) is 13.4 Å². The molecule has 0 radical (unpaired) electrons. The minimum Gasteiger partial charge on any atom is -0.465 e. The number of ether oxygens (including phenoxy) is 1. The Bertz CT molecular complexity index is 915. The number of carbonyl (C=O) groups excluding carboxylic acids is 1. The van der Waals surface area contributed by atoms with Crippen molar-refractivity contribution < 1.29 is 9.53 Å². The number of hydrogen-bond acceptors (Lipinski definition) is 6. The van der Waals surface area contributed by atoms with Crippen LogP contribution in [-0.4, -0.2) is 29.3 Å². The molecule has 22 heavy (non-hydrogen) atoms. The molecule has 1 aromatic carbocycles. The molecule has 112 valence electrons. The Morgan fingerprint density at radius 3 is 2.82 bits per heavy atom.